The molecule has 2 heterocycles. The predicted molar refractivity (Wildman–Crippen MR) is 190 cm³/mol. The molecule has 0 aromatic heterocycles. The minimum Gasteiger partial charge on any atom is -0.311 e. The lowest BCUT2D eigenvalue weighted by molar-refractivity contribution is 1.24. The fourth-order valence-electron chi connectivity index (χ4n) is 7.09. The van der Waals surface area contributed by atoms with E-state index in [0.717, 1.165) is 22.5 Å². The van der Waals surface area contributed by atoms with E-state index in [1.54, 1.807) is 0 Å². The van der Waals surface area contributed by atoms with Gasteiger partial charge in [0.25, 0.3) is 6.71 Å². The maximum atomic E-state index is 9.50. The van der Waals surface area contributed by atoms with Crippen LogP contribution < -0.4 is 26.2 Å². The van der Waals surface area contributed by atoms with Crippen LogP contribution in [0.5, 0.6) is 0 Å². The van der Waals surface area contributed by atoms with Crippen LogP contribution in [0, 0.1) is 39.0 Å². The van der Waals surface area contributed by atoms with Crippen LogP contribution in [0.3, 0.4) is 0 Å². The number of hydrogen-bond donors (Lipinski definition) is 0. The van der Waals surface area contributed by atoms with E-state index >= 15 is 0 Å². The van der Waals surface area contributed by atoms with Gasteiger partial charge in [-0.2, -0.15) is 5.26 Å². The number of benzene rings is 6. The van der Waals surface area contributed by atoms with E-state index in [1.165, 1.54) is 61.4 Å². The maximum Gasteiger partial charge on any atom is 0.252 e. The van der Waals surface area contributed by atoms with Crippen molar-refractivity contribution in [3.05, 3.63) is 149 Å². The monoisotopic (exact) mass is 577 g/mol. The molecule has 6 aromatic rings. The molecule has 0 fully saturated rings. The predicted octanol–water partition coefficient (Wildman–Crippen LogP) is 8.54. The molecule has 3 nitrogen and oxygen atoms in total. The zero-order chi connectivity index (χ0) is 30.8. The Balaban J connectivity index is 1.50. The zero-order valence-electron chi connectivity index (χ0n) is 26.0. The lowest BCUT2D eigenvalue weighted by Crippen LogP contribution is -2.61. The largest absolute Gasteiger partial charge is 0.311 e. The molecular formula is C41H32BN3. The van der Waals surface area contributed by atoms with Gasteiger partial charge in [0.2, 0.25) is 0 Å². The summed E-state index contributed by atoms with van der Waals surface area (Å²) in [5.41, 5.74) is 18.9. The van der Waals surface area contributed by atoms with Crippen LogP contribution in [0.2, 0.25) is 0 Å². The van der Waals surface area contributed by atoms with Crippen LogP contribution in [-0.4, -0.2) is 6.71 Å². The number of hydrogen-bond acceptors (Lipinski definition) is 3. The van der Waals surface area contributed by atoms with Gasteiger partial charge in [0.1, 0.15) is 0 Å². The zero-order valence-corrected chi connectivity index (χ0v) is 26.0. The molecule has 0 unspecified atom stereocenters. The van der Waals surface area contributed by atoms with Gasteiger partial charge in [0, 0.05) is 34.1 Å². The van der Waals surface area contributed by atoms with Gasteiger partial charge in [-0.05, 0) is 116 Å². The highest BCUT2D eigenvalue weighted by Gasteiger charge is 2.43. The lowest BCUT2D eigenvalue weighted by atomic mass is 9.33. The third-order valence-electron chi connectivity index (χ3n) is 9.31. The van der Waals surface area contributed by atoms with Crippen LogP contribution in [0.1, 0.15) is 27.8 Å². The van der Waals surface area contributed by atoms with Gasteiger partial charge in [-0.1, -0.05) is 82.9 Å². The van der Waals surface area contributed by atoms with E-state index in [1.807, 2.05) is 12.1 Å². The fourth-order valence-corrected chi connectivity index (χ4v) is 7.09. The van der Waals surface area contributed by atoms with E-state index in [4.69, 9.17) is 0 Å². The van der Waals surface area contributed by atoms with Gasteiger partial charge in [0.15, 0.2) is 0 Å². The Kier molecular flexibility index (Phi) is 6.18. The quantitative estimate of drug-likeness (QED) is 0.197. The Hall–Kier alpha value is -5.53. The minimum absolute atomic E-state index is 0.0817. The van der Waals surface area contributed by atoms with Crippen LogP contribution in [0.25, 0.3) is 11.1 Å². The number of nitrogens with zero attached hydrogens (tertiary/aromatic N) is 3. The fraction of sp³-hybridized carbons (Fsp3) is 0.0976. The highest BCUT2D eigenvalue weighted by atomic mass is 15.2. The first-order valence-electron chi connectivity index (χ1n) is 15.5. The molecule has 45 heavy (non-hydrogen) atoms. The van der Waals surface area contributed by atoms with Crippen LogP contribution in [0.4, 0.5) is 34.1 Å². The average Bonchev–Trinajstić information content (AvgIpc) is 3.06. The molecule has 0 radical (unpaired) electrons. The summed E-state index contributed by atoms with van der Waals surface area (Å²) in [6.45, 7) is 8.75. The Morgan fingerprint density at radius 3 is 1.36 bits per heavy atom. The number of nitriles is 1. The minimum atomic E-state index is 0.0817. The second kappa shape index (κ2) is 10.3. The number of anilines is 6. The van der Waals surface area contributed by atoms with Crippen LogP contribution in [0.15, 0.2) is 121 Å². The molecule has 4 heteroatoms. The molecular weight excluding hydrogens is 545 g/mol. The molecule has 214 valence electrons. The highest BCUT2D eigenvalue weighted by Crippen LogP contribution is 2.46. The van der Waals surface area contributed by atoms with Gasteiger partial charge in [0.05, 0.1) is 11.6 Å². The Bertz CT molecular complexity index is 2030. The highest BCUT2D eigenvalue weighted by molar-refractivity contribution is 7.00. The van der Waals surface area contributed by atoms with Crippen molar-refractivity contribution in [1.82, 2.24) is 0 Å². The summed E-state index contributed by atoms with van der Waals surface area (Å²) < 4.78 is 0. The number of fused-ring (bicyclic) bond motifs is 4. The molecule has 2 aliphatic heterocycles. The van der Waals surface area contributed by atoms with Crippen LogP contribution >= 0.6 is 0 Å². The van der Waals surface area contributed by atoms with E-state index in [9.17, 15) is 5.26 Å². The van der Waals surface area contributed by atoms with E-state index in [0.29, 0.717) is 5.56 Å². The van der Waals surface area contributed by atoms with E-state index in [2.05, 4.69) is 153 Å². The van der Waals surface area contributed by atoms with Crippen molar-refractivity contribution in [2.75, 3.05) is 9.80 Å². The Morgan fingerprint density at radius 1 is 0.467 bits per heavy atom. The molecule has 0 saturated heterocycles. The second-order valence-electron chi connectivity index (χ2n) is 12.5. The molecule has 0 saturated carbocycles. The standard InChI is InChI=1S/C41H32BN3/c1-26-5-15-33(16-6-26)44-37-19-9-28(3)21-35(37)42-36-22-29(4)10-20-38(36)45(34-17-7-27(2)8-18-34)40-24-32(23-39(44)41(40)42)31-13-11-30(25-43)12-14-31/h5-24H,1-4H3. The number of rotatable bonds is 3. The van der Waals surface area contributed by atoms with Crippen molar-refractivity contribution in [3.8, 4) is 17.2 Å². The summed E-state index contributed by atoms with van der Waals surface area (Å²) in [5.74, 6) is 0. The smallest absolute Gasteiger partial charge is 0.252 e. The summed E-state index contributed by atoms with van der Waals surface area (Å²) >= 11 is 0. The first-order valence-corrected chi connectivity index (χ1v) is 15.5. The van der Waals surface area contributed by atoms with Gasteiger partial charge >= 0.3 is 0 Å². The van der Waals surface area contributed by atoms with Gasteiger partial charge < -0.3 is 9.80 Å². The summed E-state index contributed by atoms with van der Waals surface area (Å²) in [4.78, 5) is 4.90. The molecule has 0 atom stereocenters. The van der Waals surface area contributed by atoms with Gasteiger partial charge in [-0.25, -0.2) is 0 Å². The third-order valence-corrected chi connectivity index (χ3v) is 9.31. The summed E-state index contributed by atoms with van der Waals surface area (Å²) in [6.07, 6.45) is 0. The van der Waals surface area contributed by atoms with Crippen LogP contribution in [-0.2, 0) is 0 Å². The normalized spacial score (nSPS) is 12.7. The molecule has 0 bridgehead atoms. The SMILES string of the molecule is Cc1ccc(N2c3ccc(C)cc3B3c4cc(C)ccc4N(c4ccc(C)cc4)c4cc(-c5ccc(C#N)cc5)cc2c43)cc1. The first-order chi connectivity index (χ1) is 21.9. The van der Waals surface area contributed by atoms with Crippen molar-refractivity contribution in [2.24, 2.45) is 0 Å². The van der Waals surface area contributed by atoms with E-state index in [-0.39, 0.29) is 6.71 Å². The first kappa shape index (κ1) is 27.1. The molecule has 0 amide bonds. The van der Waals surface area contributed by atoms with Crippen molar-refractivity contribution in [3.63, 3.8) is 0 Å². The number of aryl methyl sites for hydroxylation is 4. The molecule has 0 N–H and O–H groups in total. The molecule has 8 rings (SSSR count). The van der Waals surface area contributed by atoms with Crippen molar-refractivity contribution < 1.29 is 0 Å². The maximum absolute atomic E-state index is 9.50. The van der Waals surface area contributed by atoms with Crippen molar-refractivity contribution in [2.45, 2.75) is 27.7 Å². The molecule has 0 aliphatic carbocycles. The Labute approximate surface area is 265 Å². The van der Waals surface area contributed by atoms with Gasteiger partial charge in [-0.3, -0.25) is 0 Å². The third kappa shape index (κ3) is 4.35. The van der Waals surface area contributed by atoms with Crippen molar-refractivity contribution >= 4 is 57.2 Å². The summed E-state index contributed by atoms with van der Waals surface area (Å²) in [5, 5.41) is 9.50. The molecule has 0 spiro atoms. The van der Waals surface area contributed by atoms with Gasteiger partial charge in [-0.15, -0.1) is 0 Å². The summed E-state index contributed by atoms with van der Waals surface area (Å²) in [7, 11) is 0. The van der Waals surface area contributed by atoms with E-state index < -0.39 is 0 Å². The average molecular weight is 578 g/mol. The second-order valence-corrected chi connectivity index (χ2v) is 12.5. The Morgan fingerprint density at radius 2 is 0.911 bits per heavy atom. The van der Waals surface area contributed by atoms with Crippen molar-refractivity contribution in [1.29, 1.82) is 5.26 Å². The topological polar surface area (TPSA) is 30.3 Å². The summed E-state index contributed by atoms with van der Waals surface area (Å²) in [6, 6.07) is 46.5. The molecule has 2 aliphatic rings. The molecule has 6 aromatic carbocycles. The lowest BCUT2D eigenvalue weighted by Gasteiger charge is -2.44.